The van der Waals surface area contributed by atoms with Gasteiger partial charge in [0.25, 0.3) is 5.91 Å². The lowest BCUT2D eigenvalue weighted by Crippen LogP contribution is -2.52. The molecule has 0 N–H and O–H groups in total. The molecule has 3 rings (SSSR count). The number of rotatable bonds is 5. The van der Waals surface area contributed by atoms with E-state index >= 15 is 0 Å². The van der Waals surface area contributed by atoms with Gasteiger partial charge in [-0.15, -0.1) is 0 Å². The summed E-state index contributed by atoms with van der Waals surface area (Å²) in [5.74, 6) is 1.41. The number of aryl methyl sites for hydroxylation is 2. The molecule has 9 nitrogen and oxygen atoms in total. The van der Waals surface area contributed by atoms with E-state index in [2.05, 4.69) is 15.1 Å². The second kappa shape index (κ2) is 7.67. The normalized spacial score (nSPS) is 17.3. The highest BCUT2D eigenvalue weighted by Crippen LogP contribution is 2.18. The molecule has 140 valence electrons. The number of carbonyl (C=O) groups excluding carboxylic acids is 2. The van der Waals surface area contributed by atoms with Crippen LogP contribution < -0.4 is 0 Å². The summed E-state index contributed by atoms with van der Waals surface area (Å²) in [6.45, 7) is 4.99. The lowest BCUT2D eigenvalue weighted by Gasteiger charge is -2.38. The first kappa shape index (κ1) is 18.1. The number of imidazole rings is 1. The van der Waals surface area contributed by atoms with E-state index in [1.54, 1.807) is 42.8 Å². The number of carbonyl (C=O) groups is 2. The molecule has 1 fully saturated rings. The van der Waals surface area contributed by atoms with Gasteiger partial charge in [-0.05, 0) is 12.8 Å². The molecular formula is C17H24N6O3. The number of likely N-dealkylation sites (tertiary alicyclic amines) is 1. The summed E-state index contributed by atoms with van der Waals surface area (Å²) in [4.78, 5) is 36.8. The Morgan fingerprint density at radius 3 is 2.85 bits per heavy atom. The number of hydrogen-bond donors (Lipinski definition) is 0. The number of hydrogen-bond acceptors (Lipinski definition) is 6. The molecule has 1 aliphatic rings. The van der Waals surface area contributed by atoms with Crippen LogP contribution in [0.5, 0.6) is 0 Å². The maximum Gasteiger partial charge on any atom is 0.289 e. The predicted molar refractivity (Wildman–Crippen MR) is 92.3 cm³/mol. The molecule has 0 aliphatic carbocycles. The fourth-order valence-electron chi connectivity index (χ4n) is 3.37. The molecule has 3 heterocycles. The van der Waals surface area contributed by atoms with Crippen molar-refractivity contribution in [2.45, 2.75) is 39.2 Å². The Kier molecular flexibility index (Phi) is 5.34. The highest BCUT2D eigenvalue weighted by Gasteiger charge is 2.31. The molecule has 1 unspecified atom stereocenters. The summed E-state index contributed by atoms with van der Waals surface area (Å²) in [6, 6.07) is -0.0153. The van der Waals surface area contributed by atoms with Crippen LogP contribution in [0.4, 0.5) is 0 Å². The smallest absolute Gasteiger partial charge is 0.289 e. The zero-order valence-corrected chi connectivity index (χ0v) is 15.4. The van der Waals surface area contributed by atoms with Crippen molar-refractivity contribution in [2.75, 3.05) is 19.6 Å². The van der Waals surface area contributed by atoms with Gasteiger partial charge in [-0.1, -0.05) is 5.16 Å². The Morgan fingerprint density at radius 1 is 1.42 bits per heavy atom. The minimum absolute atomic E-state index is 0.0125. The molecule has 1 aliphatic heterocycles. The average molecular weight is 360 g/mol. The van der Waals surface area contributed by atoms with Crippen molar-refractivity contribution < 1.29 is 14.1 Å². The maximum absolute atomic E-state index is 12.7. The highest BCUT2D eigenvalue weighted by molar-refractivity contribution is 5.91. The van der Waals surface area contributed by atoms with Crippen LogP contribution in [-0.2, 0) is 18.3 Å². The quantitative estimate of drug-likeness (QED) is 0.783. The van der Waals surface area contributed by atoms with Gasteiger partial charge in [0.2, 0.25) is 11.8 Å². The van der Waals surface area contributed by atoms with Gasteiger partial charge in [-0.25, -0.2) is 4.98 Å². The van der Waals surface area contributed by atoms with Crippen LogP contribution in [0, 0.1) is 6.92 Å². The number of amides is 2. The van der Waals surface area contributed by atoms with E-state index in [0.29, 0.717) is 43.6 Å². The second-order valence-electron chi connectivity index (χ2n) is 6.60. The molecule has 0 spiro atoms. The minimum Gasteiger partial charge on any atom is -0.340 e. The van der Waals surface area contributed by atoms with E-state index in [0.717, 1.165) is 12.8 Å². The standard InChI is InChI=1S/C17H24N6O3/c1-12-19-15(20-26-12)6-9-23(13(2)24)14-5-4-8-22(11-14)17(25)16-18-7-10-21(16)3/h7,10,14H,4-6,8-9,11H2,1-3H3. The molecule has 2 amide bonds. The van der Waals surface area contributed by atoms with Crippen LogP contribution in [0.15, 0.2) is 16.9 Å². The van der Waals surface area contributed by atoms with Crippen molar-refractivity contribution >= 4 is 11.8 Å². The molecule has 2 aromatic heterocycles. The third-order valence-corrected chi connectivity index (χ3v) is 4.69. The molecule has 1 saturated heterocycles. The van der Waals surface area contributed by atoms with E-state index in [-0.39, 0.29) is 17.9 Å². The molecule has 0 radical (unpaired) electrons. The van der Waals surface area contributed by atoms with Gasteiger partial charge in [0.05, 0.1) is 0 Å². The number of aromatic nitrogens is 4. The molecule has 0 saturated carbocycles. The van der Waals surface area contributed by atoms with E-state index in [1.165, 1.54) is 0 Å². The predicted octanol–water partition coefficient (Wildman–Crippen LogP) is 0.807. The molecule has 2 aromatic rings. The van der Waals surface area contributed by atoms with E-state index < -0.39 is 0 Å². The monoisotopic (exact) mass is 360 g/mol. The van der Waals surface area contributed by atoms with E-state index in [1.807, 2.05) is 4.90 Å². The van der Waals surface area contributed by atoms with Gasteiger partial charge in [0.1, 0.15) is 0 Å². The van der Waals surface area contributed by atoms with Crippen LogP contribution in [0.25, 0.3) is 0 Å². The molecule has 26 heavy (non-hydrogen) atoms. The van der Waals surface area contributed by atoms with Crippen LogP contribution >= 0.6 is 0 Å². The topological polar surface area (TPSA) is 97.4 Å². The van der Waals surface area contributed by atoms with Gasteiger partial charge in [-0.3, -0.25) is 9.59 Å². The summed E-state index contributed by atoms with van der Waals surface area (Å²) in [7, 11) is 1.80. The zero-order valence-electron chi connectivity index (χ0n) is 15.4. The van der Waals surface area contributed by atoms with E-state index in [9.17, 15) is 9.59 Å². The van der Waals surface area contributed by atoms with Gasteiger partial charge in [0.15, 0.2) is 11.6 Å². The lowest BCUT2D eigenvalue weighted by atomic mass is 10.0. The third kappa shape index (κ3) is 3.92. The number of nitrogens with zero attached hydrogens (tertiary/aromatic N) is 6. The van der Waals surface area contributed by atoms with Crippen molar-refractivity contribution in [1.29, 1.82) is 0 Å². The van der Waals surface area contributed by atoms with Crippen LogP contribution in [0.2, 0.25) is 0 Å². The van der Waals surface area contributed by atoms with Crippen molar-refractivity contribution in [3.8, 4) is 0 Å². The van der Waals surface area contributed by atoms with E-state index in [4.69, 9.17) is 4.52 Å². The Hall–Kier alpha value is -2.71. The van der Waals surface area contributed by atoms with Crippen molar-refractivity contribution in [3.63, 3.8) is 0 Å². The number of piperidine rings is 1. The Morgan fingerprint density at radius 2 is 2.23 bits per heavy atom. The maximum atomic E-state index is 12.7. The van der Waals surface area contributed by atoms with Crippen LogP contribution in [0.3, 0.4) is 0 Å². The molecule has 1 atom stereocenters. The first-order valence-electron chi connectivity index (χ1n) is 8.78. The Bertz CT molecular complexity index is 783. The van der Waals surface area contributed by atoms with Gasteiger partial charge >= 0.3 is 0 Å². The zero-order chi connectivity index (χ0) is 18.7. The van der Waals surface area contributed by atoms with Crippen LogP contribution in [-0.4, -0.2) is 67.0 Å². The molecule has 0 aromatic carbocycles. The summed E-state index contributed by atoms with van der Waals surface area (Å²) >= 11 is 0. The Labute approximate surface area is 152 Å². The second-order valence-corrected chi connectivity index (χ2v) is 6.60. The van der Waals surface area contributed by atoms with Gasteiger partial charge in [0, 0.05) is 65.4 Å². The van der Waals surface area contributed by atoms with Crippen molar-refractivity contribution in [2.24, 2.45) is 7.05 Å². The molecular weight excluding hydrogens is 336 g/mol. The molecule has 9 heteroatoms. The first-order valence-corrected chi connectivity index (χ1v) is 8.78. The summed E-state index contributed by atoms with van der Waals surface area (Å²) in [6.07, 6.45) is 5.62. The van der Waals surface area contributed by atoms with Gasteiger partial charge in [-0.2, -0.15) is 4.98 Å². The minimum atomic E-state index is -0.0977. The molecule has 0 bridgehead atoms. The lowest BCUT2D eigenvalue weighted by molar-refractivity contribution is -0.132. The fourth-order valence-corrected chi connectivity index (χ4v) is 3.37. The van der Waals surface area contributed by atoms with Crippen molar-refractivity contribution in [1.82, 2.24) is 29.5 Å². The SMILES string of the molecule is CC(=O)N(CCc1noc(C)n1)C1CCCN(C(=O)c2nccn2C)C1. The van der Waals surface area contributed by atoms with Crippen molar-refractivity contribution in [3.05, 3.63) is 29.9 Å². The Balaban J connectivity index is 1.66. The summed E-state index contributed by atoms with van der Waals surface area (Å²) in [5.41, 5.74) is 0. The van der Waals surface area contributed by atoms with Crippen LogP contribution in [0.1, 0.15) is 42.1 Å². The largest absolute Gasteiger partial charge is 0.340 e. The average Bonchev–Trinajstić information content (AvgIpc) is 3.22. The highest BCUT2D eigenvalue weighted by atomic mass is 16.5. The summed E-state index contributed by atoms with van der Waals surface area (Å²) in [5, 5.41) is 3.88. The summed E-state index contributed by atoms with van der Waals surface area (Å²) < 4.78 is 6.69. The third-order valence-electron chi connectivity index (χ3n) is 4.69. The first-order chi connectivity index (χ1) is 12.5. The van der Waals surface area contributed by atoms with Gasteiger partial charge < -0.3 is 18.9 Å². The fraction of sp³-hybridized carbons (Fsp3) is 0.588.